The number of piperazine rings is 1. The van der Waals surface area contributed by atoms with Crippen molar-refractivity contribution in [3.8, 4) is 11.8 Å². The second-order valence-electron chi connectivity index (χ2n) is 4.43. The van der Waals surface area contributed by atoms with E-state index in [2.05, 4.69) is 33.1 Å². The first-order chi connectivity index (χ1) is 8.65. The van der Waals surface area contributed by atoms with E-state index in [1.165, 1.54) is 0 Å². The number of nitrogens with one attached hydrogen (secondary N) is 1. The van der Waals surface area contributed by atoms with Gasteiger partial charge in [-0.1, -0.05) is 15.9 Å². The van der Waals surface area contributed by atoms with Gasteiger partial charge in [-0.2, -0.15) is 5.26 Å². The summed E-state index contributed by atoms with van der Waals surface area (Å²) in [5.74, 6) is 0.0953. The average Bonchev–Trinajstić information content (AvgIpc) is 2.40. The number of hydrogen-bond donors (Lipinski definition) is 2. The molecule has 0 radical (unpaired) electrons. The Kier molecular flexibility index (Phi) is 4.23. The van der Waals surface area contributed by atoms with Crippen molar-refractivity contribution in [2.24, 2.45) is 0 Å². The Morgan fingerprint density at radius 2 is 2.11 bits per heavy atom. The Morgan fingerprint density at radius 1 is 1.44 bits per heavy atom. The second-order valence-corrected chi connectivity index (χ2v) is 5.29. The van der Waals surface area contributed by atoms with Crippen molar-refractivity contribution in [1.82, 2.24) is 10.2 Å². The monoisotopic (exact) mass is 309 g/mol. The number of phenolic OH excluding ortho intramolecular Hbond substituents is 1. The van der Waals surface area contributed by atoms with Crippen LogP contribution in [0, 0.1) is 11.3 Å². The number of halogens is 1. The van der Waals surface area contributed by atoms with Crippen LogP contribution in [-0.2, 0) is 0 Å². The van der Waals surface area contributed by atoms with Crippen LogP contribution in [0.15, 0.2) is 16.6 Å². The first-order valence-electron chi connectivity index (χ1n) is 6.01. The van der Waals surface area contributed by atoms with Crippen molar-refractivity contribution in [3.05, 3.63) is 27.7 Å². The Morgan fingerprint density at radius 3 is 2.72 bits per heavy atom. The van der Waals surface area contributed by atoms with Crippen LogP contribution >= 0.6 is 15.9 Å². The summed E-state index contributed by atoms with van der Waals surface area (Å²) in [6.45, 7) is 5.88. The molecule has 0 aliphatic carbocycles. The summed E-state index contributed by atoms with van der Waals surface area (Å²) in [6, 6.07) is 5.57. The summed E-state index contributed by atoms with van der Waals surface area (Å²) in [7, 11) is 0. The van der Waals surface area contributed by atoms with E-state index >= 15 is 0 Å². The van der Waals surface area contributed by atoms with Crippen molar-refractivity contribution in [3.63, 3.8) is 0 Å². The van der Waals surface area contributed by atoms with Gasteiger partial charge in [-0.15, -0.1) is 0 Å². The minimum absolute atomic E-state index is 0.0924. The fraction of sp³-hybridized carbons (Fsp3) is 0.462. The summed E-state index contributed by atoms with van der Waals surface area (Å²) in [5, 5.41) is 22.5. The molecule has 1 aliphatic rings. The molecule has 5 heteroatoms. The highest BCUT2D eigenvalue weighted by Gasteiger charge is 2.23. The quantitative estimate of drug-likeness (QED) is 0.877. The lowest BCUT2D eigenvalue weighted by Gasteiger charge is -2.33. The summed E-state index contributed by atoms with van der Waals surface area (Å²) in [5.41, 5.74) is 1.13. The minimum Gasteiger partial charge on any atom is -0.506 e. The van der Waals surface area contributed by atoms with Gasteiger partial charge in [0.1, 0.15) is 11.8 Å². The Labute approximate surface area is 115 Å². The van der Waals surface area contributed by atoms with E-state index in [4.69, 9.17) is 5.26 Å². The molecule has 0 spiro atoms. The molecule has 2 N–H and O–H groups in total. The molecule has 0 unspecified atom stereocenters. The number of nitriles is 1. The second kappa shape index (κ2) is 5.70. The molecule has 0 amide bonds. The molecule has 18 heavy (non-hydrogen) atoms. The van der Waals surface area contributed by atoms with Crippen LogP contribution in [-0.4, -0.2) is 36.2 Å². The van der Waals surface area contributed by atoms with Crippen LogP contribution in [0.1, 0.15) is 24.1 Å². The zero-order chi connectivity index (χ0) is 13.1. The van der Waals surface area contributed by atoms with Gasteiger partial charge in [0.2, 0.25) is 0 Å². The zero-order valence-corrected chi connectivity index (χ0v) is 11.9. The van der Waals surface area contributed by atoms with E-state index in [-0.39, 0.29) is 11.8 Å². The Hall–Kier alpha value is -1.09. The lowest BCUT2D eigenvalue weighted by molar-refractivity contribution is 0.182. The highest BCUT2D eigenvalue weighted by Crippen LogP contribution is 2.36. The van der Waals surface area contributed by atoms with Gasteiger partial charge < -0.3 is 10.4 Å². The van der Waals surface area contributed by atoms with Crippen LogP contribution in [0.25, 0.3) is 0 Å². The highest BCUT2D eigenvalue weighted by molar-refractivity contribution is 9.10. The van der Waals surface area contributed by atoms with Crippen molar-refractivity contribution >= 4 is 15.9 Å². The van der Waals surface area contributed by atoms with Crippen molar-refractivity contribution < 1.29 is 5.11 Å². The molecule has 0 bridgehead atoms. The fourth-order valence-electron chi connectivity index (χ4n) is 2.32. The van der Waals surface area contributed by atoms with Gasteiger partial charge >= 0.3 is 0 Å². The zero-order valence-electron chi connectivity index (χ0n) is 10.3. The molecule has 96 valence electrons. The van der Waals surface area contributed by atoms with Gasteiger partial charge in [-0.25, -0.2) is 0 Å². The highest BCUT2D eigenvalue weighted by atomic mass is 79.9. The van der Waals surface area contributed by atoms with E-state index in [1.807, 2.05) is 12.1 Å². The SMILES string of the molecule is C[C@H](c1c(Br)ccc(C#N)c1O)N1CCNCC1. The summed E-state index contributed by atoms with van der Waals surface area (Å²) < 4.78 is 0.852. The van der Waals surface area contributed by atoms with Gasteiger partial charge in [0.25, 0.3) is 0 Å². The topological polar surface area (TPSA) is 59.3 Å². The van der Waals surface area contributed by atoms with Crippen LogP contribution in [0.5, 0.6) is 5.75 Å². The van der Waals surface area contributed by atoms with E-state index in [0.717, 1.165) is 36.2 Å². The molecular weight excluding hydrogens is 294 g/mol. The van der Waals surface area contributed by atoms with Gasteiger partial charge in [0.15, 0.2) is 0 Å². The third-order valence-corrected chi connectivity index (χ3v) is 4.09. The molecule has 1 atom stereocenters. The third kappa shape index (κ3) is 2.51. The van der Waals surface area contributed by atoms with Gasteiger partial charge in [-0.3, -0.25) is 4.90 Å². The smallest absolute Gasteiger partial charge is 0.139 e. The molecule has 0 saturated carbocycles. The molecule has 1 saturated heterocycles. The number of hydrogen-bond acceptors (Lipinski definition) is 4. The summed E-state index contributed by atoms with van der Waals surface area (Å²) >= 11 is 3.47. The van der Waals surface area contributed by atoms with E-state index in [0.29, 0.717) is 5.56 Å². The minimum atomic E-state index is 0.0924. The number of aromatic hydroxyl groups is 1. The molecule has 1 aromatic carbocycles. The van der Waals surface area contributed by atoms with Gasteiger partial charge in [0, 0.05) is 42.3 Å². The molecule has 0 aromatic heterocycles. The molecule has 1 heterocycles. The maximum absolute atomic E-state index is 10.2. The largest absolute Gasteiger partial charge is 0.506 e. The van der Waals surface area contributed by atoms with Crippen molar-refractivity contribution in [2.75, 3.05) is 26.2 Å². The maximum atomic E-state index is 10.2. The lowest BCUT2D eigenvalue weighted by Crippen LogP contribution is -2.44. The predicted octanol–water partition coefficient (Wildman–Crippen LogP) is 1.99. The van der Waals surface area contributed by atoms with Crippen molar-refractivity contribution in [2.45, 2.75) is 13.0 Å². The van der Waals surface area contributed by atoms with Gasteiger partial charge in [-0.05, 0) is 19.1 Å². The van der Waals surface area contributed by atoms with E-state index in [1.54, 1.807) is 6.07 Å². The molecule has 1 aromatic rings. The standard InChI is InChI=1S/C13H16BrN3O/c1-9(17-6-4-16-5-7-17)12-11(14)3-2-10(8-15)13(12)18/h2-3,9,16,18H,4-7H2,1H3/t9-/m1/s1. The maximum Gasteiger partial charge on any atom is 0.139 e. The van der Waals surface area contributed by atoms with E-state index < -0.39 is 0 Å². The van der Waals surface area contributed by atoms with Crippen LogP contribution in [0.3, 0.4) is 0 Å². The Bertz CT molecular complexity index is 478. The lowest BCUT2D eigenvalue weighted by atomic mass is 10.0. The van der Waals surface area contributed by atoms with E-state index in [9.17, 15) is 5.11 Å². The summed E-state index contributed by atoms with van der Waals surface area (Å²) in [6.07, 6.45) is 0. The third-order valence-electron chi connectivity index (χ3n) is 3.40. The first kappa shape index (κ1) is 13.3. The van der Waals surface area contributed by atoms with Crippen LogP contribution < -0.4 is 5.32 Å². The molecular formula is C13H16BrN3O. The Balaban J connectivity index is 2.34. The van der Waals surface area contributed by atoms with Crippen molar-refractivity contribution in [1.29, 1.82) is 5.26 Å². The molecule has 4 nitrogen and oxygen atoms in total. The first-order valence-corrected chi connectivity index (χ1v) is 6.80. The van der Waals surface area contributed by atoms with Crippen LogP contribution in [0.4, 0.5) is 0 Å². The number of nitrogens with zero attached hydrogens (tertiary/aromatic N) is 2. The molecule has 1 fully saturated rings. The molecule has 2 rings (SSSR count). The van der Waals surface area contributed by atoms with Crippen LogP contribution in [0.2, 0.25) is 0 Å². The number of rotatable bonds is 2. The number of benzene rings is 1. The summed E-state index contributed by atoms with van der Waals surface area (Å²) in [4.78, 5) is 2.30. The molecule has 1 aliphatic heterocycles. The number of phenols is 1. The average molecular weight is 310 g/mol. The normalized spacial score (nSPS) is 18.3. The van der Waals surface area contributed by atoms with Gasteiger partial charge in [0.05, 0.1) is 5.56 Å². The predicted molar refractivity (Wildman–Crippen MR) is 73.4 cm³/mol. The fourth-order valence-corrected chi connectivity index (χ4v) is 2.97.